The summed E-state index contributed by atoms with van der Waals surface area (Å²) < 4.78 is 0. The van der Waals surface area contributed by atoms with Crippen LogP contribution in [0.25, 0.3) is 0 Å². The van der Waals surface area contributed by atoms with Gasteiger partial charge in [0.15, 0.2) is 0 Å². The molecular formula is C9H22N2Si. The SMILES string of the molecule is CN(C)C1CN(C[Si](C)(C)C)C1. The molecule has 0 aromatic carbocycles. The summed E-state index contributed by atoms with van der Waals surface area (Å²) in [7, 11) is 3.51. The Balaban J connectivity index is 2.18. The third-order valence-electron chi connectivity index (χ3n) is 2.37. The van der Waals surface area contributed by atoms with Gasteiger partial charge in [-0.05, 0) is 20.3 Å². The molecule has 1 aliphatic heterocycles. The van der Waals surface area contributed by atoms with Crippen molar-refractivity contribution < 1.29 is 0 Å². The maximum atomic E-state index is 2.59. The van der Waals surface area contributed by atoms with Gasteiger partial charge in [-0.3, -0.25) is 0 Å². The van der Waals surface area contributed by atoms with Gasteiger partial charge in [0, 0.05) is 19.1 Å². The third-order valence-corrected chi connectivity index (χ3v) is 3.76. The minimum atomic E-state index is -0.847. The van der Waals surface area contributed by atoms with Crippen molar-refractivity contribution in [1.29, 1.82) is 0 Å². The van der Waals surface area contributed by atoms with Gasteiger partial charge in [0.1, 0.15) is 0 Å². The topological polar surface area (TPSA) is 6.48 Å². The molecule has 0 saturated carbocycles. The molecule has 12 heavy (non-hydrogen) atoms. The number of hydrogen-bond acceptors (Lipinski definition) is 2. The molecular weight excluding hydrogens is 164 g/mol. The number of likely N-dealkylation sites (tertiary alicyclic amines) is 1. The molecule has 1 heterocycles. The zero-order valence-electron chi connectivity index (χ0n) is 9.09. The van der Waals surface area contributed by atoms with Crippen LogP contribution in [0.2, 0.25) is 19.6 Å². The molecule has 0 unspecified atom stereocenters. The minimum absolute atomic E-state index is 0.821. The van der Waals surface area contributed by atoms with Crippen molar-refractivity contribution in [1.82, 2.24) is 9.80 Å². The third kappa shape index (κ3) is 2.88. The lowest BCUT2D eigenvalue weighted by molar-refractivity contribution is 0.0785. The van der Waals surface area contributed by atoms with Crippen molar-refractivity contribution in [3.05, 3.63) is 0 Å². The maximum absolute atomic E-state index is 2.59. The van der Waals surface area contributed by atoms with E-state index in [-0.39, 0.29) is 0 Å². The molecule has 1 aliphatic rings. The first-order chi connectivity index (χ1) is 5.38. The molecule has 2 nitrogen and oxygen atoms in total. The van der Waals surface area contributed by atoms with Crippen LogP contribution in [0.3, 0.4) is 0 Å². The smallest absolute Gasteiger partial charge is 0.0599 e. The molecule has 0 aliphatic carbocycles. The monoisotopic (exact) mass is 186 g/mol. The second kappa shape index (κ2) is 3.48. The highest BCUT2D eigenvalue weighted by atomic mass is 28.3. The maximum Gasteiger partial charge on any atom is 0.0599 e. The number of rotatable bonds is 3. The lowest BCUT2D eigenvalue weighted by Crippen LogP contribution is -2.60. The molecule has 1 saturated heterocycles. The van der Waals surface area contributed by atoms with Crippen LogP contribution in [0, 0.1) is 0 Å². The largest absolute Gasteiger partial charge is 0.304 e. The van der Waals surface area contributed by atoms with Gasteiger partial charge in [0.25, 0.3) is 0 Å². The van der Waals surface area contributed by atoms with E-state index in [4.69, 9.17) is 0 Å². The van der Waals surface area contributed by atoms with Crippen molar-refractivity contribution in [3.63, 3.8) is 0 Å². The van der Waals surface area contributed by atoms with Crippen LogP contribution in [0.5, 0.6) is 0 Å². The van der Waals surface area contributed by atoms with Gasteiger partial charge in [-0.15, -0.1) is 0 Å². The Morgan fingerprint density at radius 3 is 2.08 bits per heavy atom. The summed E-state index contributed by atoms with van der Waals surface area (Å²) in [5.74, 6) is 0. The summed E-state index contributed by atoms with van der Waals surface area (Å²) in [5, 5.41) is 0. The predicted octanol–water partition coefficient (Wildman–Crippen LogP) is 1.11. The average molecular weight is 186 g/mol. The van der Waals surface area contributed by atoms with E-state index in [1.54, 1.807) is 0 Å². The van der Waals surface area contributed by atoms with E-state index in [9.17, 15) is 0 Å². The molecule has 0 amide bonds. The Hall–Kier alpha value is 0.137. The van der Waals surface area contributed by atoms with Crippen molar-refractivity contribution in [3.8, 4) is 0 Å². The first-order valence-corrected chi connectivity index (χ1v) is 8.48. The van der Waals surface area contributed by atoms with Gasteiger partial charge in [-0.25, -0.2) is 0 Å². The summed E-state index contributed by atoms with van der Waals surface area (Å²) in [4.78, 5) is 4.93. The Bertz CT molecular complexity index is 145. The second-order valence-electron chi connectivity index (χ2n) is 5.37. The number of likely N-dealkylation sites (N-methyl/N-ethyl adjacent to an activating group) is 1. The number of nitrogens with zero attached hydrogens (tertiary/aromatic N) is 2. The zero-order valence-corrected chi connectivity index (χ0v) is 10.1. The van der Waals surface area contributed by atoms with Crippen LogP contribution >= 0.6 is 0 Å². The molecule has 0 radical (unpaired) electrons. The van der Waals surface area contributed by atoms with Gasteiger partial charge < -0.3 is 9.80 Å². The van der Waals surface area contributed by atoms with E-state index in [0.717, 1.165) is 6.04 Å². The molecule has 72 valence electrons. The molecule has 0 aromatic heterocycles. The van der Waals surface area contributed by atoms with Crippen molar-refractivity contribution in [2.24, 2.45) is 0 Å². The van der Waals surface area contributed by atoms with E-state index >= 15 is 0 Å². The number of hydrogen-bond donors (Lipinski definition) is 0. The molecule has 0 spiro atoms. The summed E-state index contributed by atoms with van der Waals surface area (Å²) in [5.41, 5.74) is 0. The van der Waals surface area contributed by atoms with Gasteiger partial charge in [0.05, 0.1) is 8.07 Å². The quantitative estimate of drug-likeness (QED) is 0.609. The summed E-state index contributed by atoms with van der Waals surface area (Å²) >= 11 is 0. The normalized spacial score (nSPS) is 21.5. The molecule has 0 atom stereocenters. The Labute approximate surface area is 77.6 Å². The fourth-order valence-electron chi connectivity index (χ4n) is 1.67. The predicted molar refractivity (Wildman–Crippen MR) is 57.3 cm³/mol. The van der Waals surface area contributed by atoms with E-state index < -0.39 is 8.07 Å². The highest BCUT2D eigenvalue weighted by Crippen LogP contribution is 2.15. The average Bonchev–Trinajstić information content (AvgIpc) is 1.74. The first kappa shape index (κ1) is 10.2. The standard InChI is InChI=1S/C9H22N2Si/c1-10(2)9-6-11(7-9)8-12(3,4)5/h9H,6-8H2,1-5H3. The lowest BCUT2D eigenvalue weighted by atomic mass is 10.1. The summed E-state index contributed by atoms with van der Waals surface area (Å²) in [6.07, 6.45) is 1.37. The van der Waals surface area contributed by atoms with Gasteiger partial charge in [-0.1, -0.05) is 19.6 Å². The fraction of sp³-hybridized carbons (Fsp3) is 1.00. The minimum Gasteiger partial charge on any atom is -0.304 e. The van der Waals surface area contributed by atoms with Crippen LogP contribution in [0.4, 0.5) is 0 Å². The van der Waals surface area contributed by atoms with E-state index in [1.807, 2.05) is 0 Å². The molecule has 3 heteroatoms. The van der Waals surface area contributed by atoms with Crippen molar-refractivity contribution in [2.75, 3.05) is 33.4 Å². The van der Waals surface area contributed by atoms with Crippen LogP contribution < -0.4 is 0 Å². The Kier molecular flexibility index (Phi) is 2.96. The molecule has 0 aromatic rings. The Morgan fingerprint density at radius 1 is 1.25 bits per heavy atom. The van der Waals surface area contributed by atoms with Crippen molar-refractivity contribution in [2.45, 2.75) is 25.7 Å². The molecule has 1 rings (SSSR count). The van der Waals surface area contributed by atoms with E-state index in [0.29, 0.717) is 0 Å². The fourth-order valence-corrected chi connectivity index (χ4v) is 3.27. The molecule has 1 fully saturated rings. The van der Waals surface area contributed by atoms with Crippen molar-refractivity contribution >= 4 is 8.07 Å². The van der Waals surface area contributed by atoms with E-state index in [1.165, 1.54) is 19.3 Å². The van der Waals surface area contributed by atoms with E-state index in [2.05, 4.69) is 43.5 Å². The molecule has 0 bridgehead atoms. The van der Waals surface area contributed by atoms with Gasteiger partial charge in [0.2, 0.25) is 0 Å². The zero-order chi connectivity index (χ0) is 9.35. The lowest BCUT2D eigenvalue weighted by Gasteiger charge is -2.45. The highest BCUT2D eigenvalue weighted by molar-refractivity contribution is 6.76. The first-order valence-electron chi connectivity index (χ1n) is 4.77. The van der Waals surface area contributed by atoms with Crippen LogP contribution in [0.15, 0.2) is 0 Å². The molecule has 0 N–H and O–H groups in total. The van der Waals surface area contributed by atoms with Crippen LogP contribution in [-0.4, -0.2) is 57.3 Å². The second-order valence-corrected chi connectivity index (χ2v) is 10.8. The summed E-state index contributed by atoms with van der Waals surface area (Å²) in [6, 6.07) is 0.821. The van der Waals surface area contributed by atoms with Gasteiger partial charge in [-0.2, -0.15) is 0 Å². The summed E-state index contributed by atoms with van der Waals surface area (Å²) in [6.45, 7) is 9.90. The van der Waals surface area contributed by atoms with Gasteiger partial charge >= 0.3 is 0 Å². The Morgan fingerprint density at radius 2 is 1.75 bits per heavy atom. The van der Waals surface area contributed by atoms with Crippen LogP contribution in [-0.2, 0) is 0 Å². The highest BCUT2D eigenvalue weighted by Gasteiger charge is 2.31. The van der Waals surface area contributed by atoms with Crippen LogP contribution in [0.1, 0.15) is 0 Å².